The first-order valence-electron chi connectivity index (χ1n) is 5.63. The molecule has 0 spiro atoms. The Morgan fingerprint density at radius 3 is 1.86 bits per heavy atom. The summed E-state index contributed by atoms with van der Waals surface area (Å²) in [5.41, 5.74) is 11.1. The maximum Gasteiger partial charge on any atom is 0.0379 e. The molecule has 78 valence electrons. The molecule has 1 rings (SSSR count). The van der Waals surface area contributed by atoms with Crippen LogP contribution in [0.4, 0.5) is 5.69 Å². The van der Waals surface area contributed by atoms with Crippen molar-refractivity contribution in [1.29, 1.82) is 0 Å². The number of nitrogens with two attached hydrogens (primary N) is 1. The second-order valence-electron chi connectivity index (χ2n) is 3.78. The molecule has 1 heteroatoms. The molecule has 0 aliphatic heterocycles. The average Bonchev–Trinajstić information content (AvgIpc) is 2.20. The van der Waals surface area contributed by atoms with Gasteiger partial charge in [0.15, 0.2) is 0 Å². The van der Waals surface area contributed by atoms with Gasteiger partial charge in [-0.15, -0.1) is 0 Å². The summed E-state index contributed by atoms with van der Waals surface area (Å²) in [7, 11) is 0. The molecule has 0 atom stereocenters. The Balaban J connectivity index is 3.11. The van der Waals surface area contributed by atoms with Crippen molar-refractivity contribution in [3.05, 3.63) is 28.8 Å². The van der Waals surface area contributed by atoms with Crippen LogP contribution >= 0.6 is 0 Å². The van der Waals surface area contributed by atoms with E-state index in [2.05, 4.69) is 32.9 Å². The highest BCUT2D eigenvalue weighted by Crippen LogP contribution is 2.22. The minimum Gasteiger partial charge on any atom is -0.398 e. The van der Waals surface area contributed by atoms with Crippen LogP contribution in [0.15, 0.2) is 12.1 Å². The fourth-order valence-corrected chi connectivity index (χ4v) is 1.87. The largest absolute Gasteiger partial charge is 0.398 e. The van der Waals surface area contributed by atoms with Crippen LogP contribution in [0.25, 0.3) is 0 Å². The Kier molecular flexibility index (Phi) is 3.99. The standard InChI is InChI=1S/C13H21N/c1-4-7-10-8-11(5-2)13(14)12(6-3)9-10/h8-9H,4-7,14H2,1-3H3. The summed E-state index contributed by atoms with van der Waals surface area (Å²) in [5, 5.41) is 0. The van der Waals surface area contributed by atoms with Crippen molar-refractivity contribution in [1.82, 2.24) is 0 Å². The normalized spacial score (nSPS) is 10.5. The lowest BCUT2D eigenvalue weighted by molar-refractivity contribution is 0.912. The van der Waals surface area contributed by atoms with Gasteiger partial charge in [0.05, 0.1) is 0 Å². The van der Waals surface area contributed by atoms with Gasteiger partial charge in [-0.2, -0.15) is 0 Å². The van der Waals surface area contributed by atoms with E-state index in [0.717, 1.165) is 18.5 Å². The first-order valence-corrected chi connectivity index (χ1v) is 5.63. The van der Waals surface area contributed by atoms with E-state index in [1.54, 1.807) is 0 Å². The first-order chi connectivity index (χ1) is 6.72. The van der Waals surface area contributed by atoms with Gasteiger partial charge in [-0.3, -0.25) is 0 Å². The molecule has 0 saturated carbocycles. The molecule has 1 aromatic carbocycles. The highest BCUT2D eigenvalue weighted by atomic mass is 14.6. The van der Waals surface area contributed by atoms with Crippen molar-refractivity contribution in [3.63, 3.8) is 0 Å². The minimum absolute atomic E-state index is 1.01. The highest BCUT2D eigenvalue weighted by Gasteiger charge is 2.04. The summed E-state index contributed by atoms with van der Waals surface area (Å²) >= 11 is 0. The van der Waals surface area contributed by atoms with Gasteiger partial charge in [-0.05, 0) is 36.0 Å². The van der Waals surface area contributed by atoms with Crippen molar-refractivity contribution in [2.24, 2.45) is 0 Å². The predicted molar refractivity (Wildman–Crippen MR) is 63.6 cm³/mol. The van der Waals surface area contributed by atoms with E-state index < -0.39 is 0 Å². The van der Waals surface area contributed by atoms with Gasteiger partial charge in [0.2, 0.25) is 0 Å². The molecule has 0 heterocycles. The van der Waals surface area contributed by atoms with E-state index in [4.69, 9.17) is 5.73 Å². The smallest absolute Gasteiger partial charge is 0.0379 e. The molecular weight excluding hydrogens is 170 g/mol. The summed E-state index contributed by atoms with van der Waals surface area (Å²) in [4.78, 5) is 0. The summed E-state index contributed by atoms with van der Waals surface area (Å²) in [6.45, 7) is 6.55. The third-order valence-corrected chi connectivity index (χ3v) is 2.71. The molecule has 0 amide bonds. The summed E-state index contributed by atoms with van der Waals surface area (Å²) in [6, 6.07) is 4.52. The third-order valence-electron chi connectivity index (χ3n) is 2.71. The van der Waals surface area contributed by atoms with Gasteiger partial charge in [0.25, 0.3) is 0 Å². The number of hydrogen-bond donors (Lipinski definition) is 1. The van der Waals surface area contributed by atoms with Crippen LogP contribution in [0.1, 0.15) is 43.9 Å². The molecule has 1 aromatic rings. The monoisotopic (exact) mass is 191 g/mol. The fourth-order valence-electron chi connectivity index (χ4n) is 1.87. The maximum absolute atomic E-state index is 6.07. The van der Waals surface area contributed by atoms with Crippen LogP contribution in [-0.2, 0) is 19.3 Å². The van der Waals surface area contributed by atoms with Crippen LogP contribution in [0.5, 0.6) is 0 Å². The lowest BCUT2D eigenvalue weighted by Gasteiger charge is -2.11. The fraction of sp³-hybridized carbons (Fsp3) is 0.538. The number of rotatable bonds is 4. The Morgan fingerprint density at radius 1 is 1.00 bits per heavy atom. The lowest BCUT2D eigenvalue weighted by Crippen LogP contribution is -2.00. The molecular formula is C13H21N. The Bertz CT molecular complexity index is 277. The van der Waals surface area contributed by atoms with Crippen LogP contribution in [0.3, 0.4) is 0 Å². The van der Waals surface area contributed by atoms with E-state index in [1.807, 2.05) is 0 Å². The second kappa shape index (κ2) is 5.04. The molecule has 0 aromatic heterocycles. The zero-order valence-electron chi connectivity index (χ0n) is 9.56. The third kappa shape index (κ3) is 2.28. The van der Waals surface area contributed by atoms with Gasteiger partial charge < -0.3 is 5.73 Å². The van der Waals surface area contributed by atoms with Gasteiger partial charge in [0.1, 0.15) is 0 Å². The minimum atomic E-state index is 1.01. The van der Waals surface area contributed by atoms with Crippen molar-refractivity contribution in [2.75, 3.05) is 5.73 Å². The van der Waals surface area contributed by atoms with Gasteiger partial charge in [-0.1, -0.05) is 39.3 Å². The summed E-state index contributed by atoms with van der Waals surface area (Å²) in [6.07, 6.45) is 4.45. The van der Waals surface area contributed by atoms with E-state index in [0.29, 0.717) is 0 Å². The molecule has 0 bridgehead atoms. The molecule has 0 unspecified atom stereocenters. The van der Waals surface area contributed by atoms with E-state index in [-0.39, 0.29) is 0 Å². The van der Waals surface area contributed by atoms with Gasteiger partial charge >= 0.3 is 0 Å². The second-order valence-corrected chi connectivity index (χ2v) is 3.78. The molecule has 14 heavy (non-hydrogen) atoms. The first kappa shape index (κ1) is 11.1. The van der Waals surface area contributed by atoms with Gasteiger partial charge in [-0.25, -0.2) is 0 Å². The molecule has 1 nitrogen and oxygen atoms in total. The van der Waals surface area contributed by atoms with Crippen LogP contribution < -0.4 is 5.73 Å². The van der Waals surface area contributed by atoms with Crippen LogP contribution in [0, 0.1) is 0 Å². The zero-order valence-corrected chi connectivity index (χ0v) is 9.56. The van der Waals surface area contributed by atoms with Crippen molar-refractivity contribution in [3.8, 4) is 0 Å². The Morgan fingerprint density at radius 2 is 1.50 bits per heavy atom. The predicted octanol–water partition coefficient (Wildman–Crippen LogP) is 3.35. The highest BCUT2D eigenvalue weighted by molar-refractivity contribution is 5.55. The van der Waals surface area contributed by atoms with Crippen molar-refractivity contribution < 1.29 is 0 Å². The Labute approximate surface area is 87.3 Å². The molecule has 0 aliphatic carbocycles. The number of benzene rings is 1. The topological polar surface area (TPSA) is 26.0 Å². The van der Waals surface area contributed by atoms with Crippen molar-refractivity contribution >= 4 is 5.69 Å². The van der Waals surface area contributed by atoms with E-state index in [9.17, 15) is 0 Å². The van der Waals surface area contributed by atoms with E-state index >= 15 is 0 Å². The molecule has 0 aliphatic rings. The number of anilines is 1. The SMILES string of the molecule is CCCc1cc(CC)c(N)c(CC)c1. The molecule has 0 radical (unpaired) electrons. The zero-order chi connectivity index (χ0) is 10.6. The van der Waals surface area contributed by atoms with Gasteiger partial charge in [0, 0.05) is 5.69 Å². The molecule has 2 N–H and O–H groups in total. The van der Waals surface area contributed by atoms with E-state index in [1.165, 1.54) is 29.5 Å². The molecule has 0 saturated heterocycles. The number of hydrogen-bond acceptors (Lipinski definition) is 1. The quantitative estimate of drug-likeness (QED) is 0.726. The van der Waals surface area contributed by atoms with Crippen molar-refractivity contribution in [2.45, 2.75) is 46.5 Å². The average molecular weight is 191 g/mol. The lowest BCUT2D eigenvalue weighted by atomic mass is 9.97. The Hall–Kier alpha value is -0.980. The summed E-state index contributed by atoms with van der Waals surface area (Å²) < 4.78 is 0. The number of nitrogen functional groups attached to an aromatic ring is 1. The van der Waals surface area contributed by atoms with Crippen LogP contribution in [0.2, 0.25) is 0 Å². The molecule has 0 fully saturated rings. The maximum atomic E-state index is 6.07. The van der Waals surface area contributed by atoms with Crippen LogP contribution in [-0.4, -0.2) is 0 Å². The number of aryl methyl sites for hydroxylation is 3. The summed E-state index contributed by atoms with van der Waals surface area (Å²) in [5.74, 6) is 0.